The molecule has 21 N–H and O–H groups in total. The zero-order valence-corrected chi connectivity index (χ0v) is 67.4. The van der Waals surface area contributed by atoms with Crippen LogP contribution in [-0.2, 0) is 102 Å². The molecular weight excluding hydrogens is 1520 g/mol. The fraction of sp³-hybridized carbons (Fsp3) is 0.512. The summed E-state index contributed by atoms with van der Waals surface area (Å²) in [6.07, 6.45) is 3.37. The van der Waals surface area contributed by atoms with Crippen molar-refractivity contribution in [1.82, 2.24) is 78.3 Å². The van der Waals surface area contributed by atoms with E-state index in [9.17, 15) is 97.1 Å². The van der Waals surface area contributed by atoms with Crippen LogP contribution in [-0.4, -0.2) is 215 Å². The zero-order valence-electron chi connectivity index (χ0n) is 67.4. The van der Waals surface area contributed by atoms with Crippen LogP contribution in [0.3, 0.4) is 0 Å². The molecule has 117 heavy (non-hydrogen) atoms. The molecule has 0 bridgehead atoms. The molecule has 0 spiro atoms. The lowest BCUT2D eigenvalue weighted by Gasteiger charge is -2.31. The maximum Gasteiger partial charge on any atom is 0.326 e. The van der Waals surface area contributed by atoms with Crippen molar-refractivity contribution < 1.29 is 97.1 Å². The van der Waals surface area contributed by atoms with Gasteiger partial charge >= 0.3 is 17.9 Å². The Bertz CT molecular complexity index is 4230. The van der Waals surface area contributed by atoms with E-state index in [0.717, 1.165) is 0 Å². The number of nitrogens with one attached hydrogen (secondary N) is 13. The Morgan fingerprint density at radius 2 is 0.940 bits per heavy atom. The summed E-state index contributed by atoms with van der Waals surface area (Å²) in [7, 11) is 0. The first-order valence-electron chi connectivity index (χ1n) is 39.0. The molecule has 5 aromatic rings. The topological polar surface area (TPSA) is 584 Å². The van der Waals surface area contributed by atoms with E-state index in [4.69, 9.17) is 11.5 Å². The Labute approximate surface area is 677 Å². The second kappa shape index (κ2) is 47.0. The van der Waals surface area contributed by atoms with Gasteiger partial charge in [0.15, 0.2) is 0 Å². The molecule has 2 heterocycles. The molecule has 0 radical (unpaired) electrons. The van der Waals surface area contributed by atoms with Gasteiger partial charge in [0.1, 0.15) is 78.3 Å². The lowest BCUT2D eigenvalue weighted by atomic mass is 9.94. The number of unbranched alkanes of at least 4 members (excludes halogenated alkanes) is 1. The van der Waals surface area contributed by atoms with Crippen molar-refractivity contribution in [3.63, 3.8) is 0 Å². The van der Waals surface area contributed by atoms with E-state index in [-0.39, 0.29) is 68.7 Å². The second-order valence-electron chi connectivity index (χ2n) is 30.0. The van der Waals surface area contributed by atoms with Gasteiger partial charge in [-0.05, 0) is 105 Å². The first-order chi connectivity index (χ1) is 55.4. The van der Waals surface area contributed by atoms with Crippen LogP contribution in [0, 0.1) is 23.7 Å². The molecule has 0 fully saturated rings. The van der Waals surface area contributed by atoms with Gasteiger partial charge in [-0.15, -0.1) is 0 Å². The van der Waals surface area contributed by atoms with Crippen LogP contribution in [0.4, 0.5) is 0 Å². The molecule has 3 aromatic carbocycles. The van der Waals surface area contributed by atoms with Gasteiger partial charge in [0.05, 0.1) is 30.0 Å². The number of carbonyl (C=O) groups excluding carboxylic acids is 13. The number of hydrogen-bond acceptors (Lipinski definition) is 20. The van der Waals surface area contributed by atoms with Crippen LogP contribution in [0.25, 0.3) is 10.9 Å². The minimum absolute atomic E-state index is 0.131. The molecule has 0 saturated heterocycles. The monoisotopic (exact) mass is 1630 g/mol. The molecule has 5 rings (SSSR count). The van der Waals surface area contributed by atoms with Crippen LogP contribution in [0.5, 0.6) is 5.75 Å². The second-order valence-corrected chi connectivity index (χ2v) is 30.0. The highest BCUT2D eigenvalue weighted by molar-refractivity contribution is 6.01. The summed E-state index contributed by atoms with van der Waals surface area (Å²) in [5, 5.41) is 71.4. The standard InChI is InChI=1S/C80H113N17O20/c1-11-44(7)66(78(114)93-61(80(116)117)35-50-39-97(41-98)62-24-17-16-22-53(50)62)96-79(115)67(45(8)12-2)95-76(112)60(37-64(102)103)91-73(109)56(32-42(3)4)89-75(111)59(36-51-38-83-40-84-51)88-68(104)46(9)86-72(108)57(33-48-20-14-13-15-21-48)90-74(110)58(34-49-25-27-52(99)28-26-49)92-77(113)65(43(5)6)94-69(105)47(10)85-71(107)55(29-30-63(100)101)87-70(106)54(82)23-18-19-31-81/h13-17,20-22,24-28,38-47,54-61,65-67,99H,11-12,18-19,23,29-37,81-82H2,1-10H3,(H,83,84)(H,85,107)(H,86,108)(H,87,106)(H,88,104)(H,89,111)(H,90,110)(H,91,109)(H,92,113)(H,93,114)(H,94,105)(H,95,112)(H,96,115)(H,100,101)(H,102,103)(H,116,117)/t44-,45-,46-,47-,54-,55-,56-,57-,58-,59-,60-,61-,65-,66-,67-/m0/s1. The van der Waals surface area contributed by atoms with E-state index < -0.39 is 198 Å². The highest BCUT2D eigenvalue weighted by Gasteiger charge is 2.40. The molecule has 0 aliphatic heterocycles. The van der Waals surface area contributed by atoms with Crippen molar-refractivity contribution in [2.45, 2.75) is 231 Å². The summed E-state index contributed by atoms with van der Waals surface area (Å²) < 4.78 is 1.28. The largest absolute Gasteiger partial charge is 0.508 e. The smallest absolute Gasteiger partial charge is 0.326 e. The van der Waals surface area contributed by atoms with Crippen LogP contribution in [0.2, 0.25) is 0 Å². The van der Waals surface area contributed by atoms with Gasteiger partial charge in [-0.25, -0.2) is 9.78 Å². The highest BCUT2D eigenvalue weighted by Crippen LogP contribution is 2.23. The number of rotatable bonds is 50. The van der Waals surface area contributed by atoms with E-state index in [1.165, 1.54) is 61.4 Å². The highest BCUT2D eigenvalue weighted by atomic mass is 16.4. The Balaban J connectivity index is 1.34. The van der Waals surface area contributed by atoms with Crippen molar-refractivity contribution in [3.8, 4) is 5.75 Å². The normalized spacial score (nSPS) is 15.1. The Hall–Kier alpha value is -12.2. The van der Waals surface area contributed by atoms with E-state index in [1.54, 1.807) is 110 Å². The number of phenolic OH excluding ortho intramolecular Hbond substituents is 1. The van der Waals surface area contributed by atoms with Crippen LogP contribution < -0.4 is 75.3 Å². The van der Waals surface area contributed by atoms with E-state index in [1.807, 2.05) is 0 Å². The number of aromatic amines is 1. The number of fused-ring (bicyclic) bond motifs is 1. The van der Waals surface area contributed by atoms with Crippen molar-refractivity contribution >= 4 is 106 Å². The number of benzene rings is 3. The number of para-hydroxylation sites is 1. The minimum atomic E-state index is -1.91. The molecule has 638 valence electrons. The first-order valence-corrected chi connectivity index (χ1v) is 39.0. The van der Waals surface area contributed by atoms with Gasteiger partial charge in [0.2, 0.25) is 77.3 Å². The maximum absolute atomic E-state index is 14.8. The number of amides is 12. The van der Waals surface area contributed by atoms with Crippen LogP contribution >= 0.6 is 0 Å². The number of aromatic nitrogens is 3. The summed E-state index contributed by atoms with van der Waals surface area (Å²) in [5.74, 6) is -18.2. The van der Waals surface area contributed by atoms with E-state index >= 15 is 0 Å². The predicted molar refractivity (Wildman–Crippen MR) is 427 cm³/mol. The van der Waals surface area contributed by atoms with Crippen molar-refractivity contribution in [2.24, 2.45) is 35.1 Å². The minimum Gasteiger partial charge on any atom is -0.508 e. The number of nitrogens with two attached hydrogens (primary N) is 2. The number of H-pyrrole nitrogens is 1. The molecular formula is C80H113N17O20. The average molecular weight is 1630 g/mol. The molecule has 0 aliphatic rings. The summed E-state index contributed by atoms with van der Waals surface area (Å²) in [4.78, 5) is 227. The Morgan fingerprint density at radius 3 is 1.48 bits per heavy atom. The van der Waals surface area contributed by atoms with Crippen molar-refractivity contribution in [1.29, 1.82) is 0 Å². The molecule has 0 unspecified atom stereocenters. The third-order valence-electron chi connectivity index (χ3n) is 19.8. The molecule has 15 atom stereocenters. The number of aliphatic carboxylic acids is 3. The van der Waals surface area contributed by atoms with Gasteiger partial charge in [-0.2, -0.15) is 0 Å². The maximum atomic E-state index is 14.8. The van der Waals surface area contributed by atoms with Gasteiger partial charge in [0.25, 0.3) is 0 Å². The number of carbonyl (C=O) groups is 16. The zero-order chi connectivity index (χ0) is 86.9. The number of imidazole rings is 1. The van der Waals surface area contributed by atoms with Gasteiger partial charge in [-0.3, -0.25) is 76.5 Å². The van der Waals surface area contributed by atoms with Crippen LogP contribution in [0.1, 0.15) is 149 Å². The third-order valence-corrected chi connectivity index (χ3v) is 19.8. The summed E-state index contributed by atoms with van der Waals surface area (Å²) in [6.45, 7) is 16.1. The van der Waals surface area contributed by atoms with Gasteiger partial charge in [0, 0.05) is 49.9 Å². The Morgan fingerprint density at radius 1 is 0.479 bits per heavy atom. The van der Waals surface area contributed by atoms with Crippen molar-refractivity contribution in [3.05, 3.63) is 120 Å². The number of phenols is 1. The van der Waals surface area contributed by atoms with Crippen LogP contribution in [0.15, 0.2) is 97.6 Å². The van der Waals surface area contributed by atoms with E-state index in [0.29, 0.717) is 59.8 Å². The average Bonchev–Trinajstić information content (AvgIpc) is 1.66. The fourth-order valence-electron chi connectivity index (χ4n) is 12.6. The Kier molecular flexibility index (Phi) is 38.4. The fourth-order valence-corrected chi connectivity index (χ4v) is 12.6. The molecule has 0 aliphatic carbocycles. The number of nitrogens with zero attached hydrogens (tertiary/aromatic N) is 2. The molecule has 2 aromatic heterocycles. The molecule has 37 nitrogen and oxygen atoms in total. The molecule has 37 heteroatoms. The first kappa shape index (κ1) is 95.4. The molecule has 0 saturated carbocycles. The number of carboxylic acid groups (broad SMARTS) is 3. The van der Waals surface area contributed by atoms with Crippen molar-refractivity contribution in [2.75, 3.05) is 6.54 Å². The quantitative estimate of drug-likeness (QED) is 0.0179. The lowest BCUT2D eigenvalue weighted by molar-refractivity contribution is -0.143. The van der Waals surface area contributed by atoms with Gasteiger partial charge < -0.3 is 101 Å². The SMILES string of the molecule is CC[C@H](C)[C@H](NC(=O)[C@H](CC(=O)O)NC(=O)[C@H](CC(C)C)NC(=O)[C@H](Cc1c[nH]cn1)NC(=O)[C@H](C)NC(=O)[C@H](Cc1ccccc1)NC(=O)[C@H](Cc1ccc(O)cc1)NC(=O)[C@@H](NC(=O)[C@H](C)NC(=O)[C@H](CCC(=O)O)NC(=O)[C@@H](N)CCCCN)C(C)C)C(=O)N[C@H](C(=O)N[C@@H](Cc1cn(C=O)c2ccccc12)C(=O)O)[C@@H](C)CC. The van der Waals surface area contributed by atoms with E-state index in [2.05, 4.69) is 73.8 Å². The third kappa shape index (κ3) is 30.5. The molecule has 12 amide bonds. The number of aromatic hydroxyl groups is 1. The predicted octanol–water partition coefficient (Wildman–Crippen LogP) is -0.0890. The van der Waals surface area contributed by atoms with Gasteiger partial charge in [-0.1, -0.05) is 135 Å². The summed E-state index contributed by atoms with van der Waals surface area (Å²) in [5.41, 5.74) is 13.7. The number of carboxylic acids is 3. The summed E-state index contributed by atoms with van der Waals surface area (Å²) in [6, 6.07) is 1.36. The number of hydrogen-bond donors (Lipinski definition) is 19. The lowest BCUT2D eigenvalue weighted by Crippen LogP contribution is -2.62. The summed E-state index contributed by atoms with van der Waals surface area (Å²) >= 11 is 0.